The van der Waals surface area contributed by atoms with E-state index < -0.39 is 0 Å². The molecule has 3 heterocycles. The highest BCUT2D eigenvalue weighted by atomic mass is 16.5. The van der Waals surface area contributed by atoms with E-state index in [-0.39, 0.29) is 24.4 Å². The Labute approximate surface area is 241 Å². The molecule has 3 aromatic carbocycles. The van der Waals surface area contributed by atoms with Crippen molar-refractivity contribution in [2.24, 2.45) is 0 Å². The number of hydrogen-bond acceptors (Lipinski definition) is 7. The minimum absolute atomic E-state index is 0.0918. The maximum absolute atomic E-state index is 13.5. The lowest BCUT2D eigenvalue weighted by Crippen LogP contribution is -2.44. The molecule has 41 heavy (non-hydrogen) atoms. The lowest BCUT2D eigenvalue weighted by molar-refractivity contribution is 0.0903. The van der Waals surface area contributed by atoms with Crippen molar-refractivity contribution < 1.29 is 14.3 Å². The van der Waals surface area contributed by atoms with Crippen molar-refractivity contribution in [1.29, 1.82) is 0 Å². The summed E-state index contributed by atoms with van der Waals surface area (Å²) in [5, 5.41) is 3.22. The topological polar surface area (TPSA) is 79.8 Å². The first-order chi connectivity index (χ1) is 20.2. The number of ether oxygens (including phenoxy) is 2. The molecule has 2 aliphatic heterocycles. The van der Waals surface area contributed by atoms with E-state index in [9.17, 15) is 4.79 Å². The Balaban J connectivity index is 1.16. The number of fused-ring (bicyclic) bond motifs is 1. The third kappa shape index (κ3) is 6.33. The van der Waals surface area contributed by atoms with Crippen molar-refractivity contribution >= 4 is 17.5 Å². The fourth-order valence-corrected chi connectivity index (χ4v) is 5.51. The Morgan fingerprint density at radius 1 is 0.927 bits per heavy atom. The second kappa shape index (κ2) is 12.4. The molecule has 8 nitrogen and oxygen atoms in total. The van der Waals surface area contributed by atoms with Crippen LogP contribution in [0.15, 0.2) is 85.1 Å². The number of benzene rings is 3. The van der Waals surface area contributed by atoms with E-state index in [1.165, 1.54) is 11.1 Å². The molecule has 2 aliphatic rings. The van der Waals surface area contributed by atoms with E-state index in [2.05, 4.69) is 56.5 Å². The smallest absolute Gasteiger partial charge is 0.258 e. The van der Waals surface area contributed by atoms with Crippen molar-refractivity contribution in [1.82, 2.24) is 20.2 Å². The number of methoxy groups -OCH3 is 1. The van der Waals surface area contributed by atoms with Crippen molar-refractivity contribution in [2.45, 2.75) is 38.5 Å². The summed E-state index contributed by atoms with van der Waals surface area (Å²) in [6.07, 6.45) is 4.31. The number of rotatable bonds is 9. The van der Waals surface area contributed by atoms with Crippen molar-refractivity contribution in [2.75, 3.05) is 31.6 Å². The van der Waals surface area contributed by atoms with E-state index in [4.69, 9.17) is 14.5 Å². The molecule has 0 saturated carbocycles. The number of likely N-dealkylation sites (tertiary alicyclic amines) is 1. The van der Waals surface area contributed by atoms with Crippen LogP contribution in [0.5, 0.6) is 11.6 Å². The van der Waals surface area contributed by atoms with Gasteiger partial charge in [-0.25, -0.2) is 4.98 Å². The van der Waals surface area contributed by atoms with E-state index in [1.54, 1.807) is 13.3 Å². The molecule has 0 atom stereocenters. The van der Waals surface area contributed by atoms with Crippen LogP contribution in [0.4, 0.5) is 11.6 Å². The zero-order chi connectivity index (χ0) is 28.0. The van der Waals surface area contributed by atoms with Crippen LogP contribution in [0, 0.1) is 0 Å². The first-order valence-corrected chi connectivity index (χ1v) is 14.2. The summed E-state index contributed by atoms with van der Waals surface area (Å²) in [5.74, 6) is 1.39. The number of carbonyl (C=O) groups excluding carboxylic acids is 1. The molecule has 0 spiro atoms. The maximum Gasteiger partial charge on any atom is 0.258 e. The normalized spacial score (nSPS) is 15.4. The van der Waals surface area contributed by atoms with Crippen molar-refractivity contribution in [3.63, 3.8) is 0 Å². The number of amides is 1. The minimum Gasteiger partial charge on any atom is -0.497 e. The average Bonchev–Trinajstić information content (AvgIpc) is 3.46. The van der Waals surface area contributed by atoms with Gasteiger partial charge in [0.25, 0.3) is 5.91 Å². The van der Waals surface area contributed by atoms with Crippen LogP contribution in [0.1, 0.15) is 39.9 Å². The predicted molar refractivity (Wildman–Crippen MR) is 159 cm³/mol. The summed E-state index contributed by atoms with van der Waals surface area (Å²) in [7, 11) is 1.64. The molecule has 1 fully saturated rings. The molecule has 1 saturated heterocycles. The van der Waals surface area contributed by atoms with Crippen LogP contribution in [-0.4, -0.2) is 53.6 Å². The van der Waals surface area contributed by atoms with Crippen molar-refractivity contribution in [3.05, 3.63) is 107 Å². The van der Waals surface area contributed by atoms with E-state index in [1.807, 2.05) is 42.5 Å². The molecule has 6 rings (SSSR count). The first-order valence-electron chi connectivity index (χ1n) is 14.2. The monoisotopic (exact) mass is 549 g/mol. The Hall–Kier alpha value is -4.43. The summed E-state index contributed by atoms with van der Waals surface area (Å²) in [6.45, 7) is 3.86. The molecule has 8 heteroatoms. The minimum atomic E-state index is -0.204. The van der Waals surface area contributed by atoms with Gasteiger partial charge in [0.1, 0.15) is 17.9 Å². The Morgan fingerprint density at radius 3 is 2.46 bits per heavy atom. The van der Waals surface area contributed by atoms with Crippen LogP contribution < -0.4 is 19.7 Å². The fourth-order valence-electron chi connectivity index (χ4n) is 5.51. The van der Waals surface area contributed by atoms with Crippen LogP contribution in [-0.2, 0) is 19.6 Å². The number of anilines is 2. The van der Waals surface area contributed by atoms with Crippen molar-refractivity contribution in [3.8, 4) is 11.6 Å². The van der Waals surface area contributed by atoms with E-state index in [0.29, 0.717) is 11.5 Å². The molecule has 4 aromatic rings. The predicted octanol–water partition coefficient (Wildman–Crippen LogP) is 5.15. The quantitative estimate of drug-likeness (QED) is 0.309. The molecule has 210 valence electrons. The number of hydrogen-bond donors (Lipinski definition) is 1. The van der Waals surface area contributed by atoms with Gasteiger partial charge in [-0.05, 0) is 54.2 Å². The summed E-state index contributed by atoms with van der Waals surface area (Å²) < 4.78 is 11.5. The SMILES string of the molecule is COc1ccc(COc2nc(N3CCc4ccccc43)ncc2C(=O)NC2CCN(Cc3ccccc3)CC2)cc1. The summed E-state index contributed by atoms with van der Waals surface area (Å²) in [4.78, 5) is 27.4. The summed E-state index contributed by atoms with van der Waals surface area (Å²) in [6, 6.07) is 26.5. The zero-order valence-electron chi connectivity index (χ0n) is 23.3. The zero-order valence-corrected chi connectivity index (χ0v) is 23.3. The van der Waals surface area contributed by atoms with Gasteiger partial charge in [0.05, 0.1) is 7.11 Å². The van der Waals surface area contributed by atoms with Gasteiger partial charge in [-0.1, -0.05) is 60.7 Å². The van der Waals surface area contributed by atoms with Crippen LogP contribution in [0.25, 0.3) is 0 Å². The summed E-state index contributed by atoms with van der Waals surface area (Å²) in [5.41, 5.74) is 4.97. The van der Waals surface area contributed by atoms with Gasteiger partial charge in [-0.15, -0.1) is 0 Å². The van der Waals surface area contributed by atoms with Gasteiger partial charge >= 0.3 is 0 Å². The van der Waals surface area contributed by atoms with Crippen LogP contribution in [0.3, 0.4) is 0 Å². The second-order valence-corrected chi connectivity index (χ2v) is 10.6. The molecule has 1 aromatic heterocycles. The number of carbonyl (C=O) groups is 1. The van der Waals surface area contributed by atoms with Gasteiger partial charge in [0.2, 0.25) is 11.8 Å². The molecule has 1 amide bonds. The largest absolute Gasteiger partial charge is 0.497 e. The van der Waals surface area contributed by atoms with E-state index >= 15 is 0 Å². The molecular weight excluding hydrogens is 514 g/mol. The Morgan fingerprint density at radius 2 is 1.68 bits per heavy atom. The molecule has 0 unspecified atom stereocenters. The molecule has 0 radical (unpaired) electrons. The molecule has 0 bridgehead atoms. The lowest BCUT2D eigenvalue weighted by atomic mass is 10.0. The fraction of sp³-hybridized carbons (Fsp3) is 0.303. The second-order valence-electron chi connectivity index (χ2n) is 10.6. The van der Waals surface area contributed by atoms with Crippen LogP contribution >= 0.6 is 0 Å². The van der Waals surface area contributed by atoms with Gasteiger partial charge < -0.3 is 19.7 Å². The van der Waals surface area contributed by atoms with Gasteiger partial charge in [0, 0.05) is 44.1 Å². The highest BCUT2D eigenvalue weighted by Gasteiger charge is 2.27. The molecule has 1 N–H and O–H groups in total. The van der Waals surface area contributed by atoms with E-state index in [0.717, 1.165) is 62.4 Å². The highest BCUT2D eigenvalue weighted by molar-refractivity contribution is 5.96. The Kier molecular flexibility index (Phi) is 8.09. The molecule has 0 aliphatic carbocycles. The number of aromatic nitrogens is 2. The summed E-state index contributed by atoms with van der Waals surface area (Å²) >= 11 is 0. The Bertz CT molecular complexity index is 1470. The third-order valence-electron chi connectivity index (χ3n) is 7.82. The molecular formula is C33H35N5O3. The number of nitrogens with one attached hydrogen (secondary N) is 1. The van der Waals surface area contributed by atoms with Crippen LogP contribution in [0.2, 0.25) is 0 Å². The third-order valence-corrected chi connectivity index (χ3v) is 7.82. The number of nitrogens with zero attached hydrogens (tertiary/aromatic N) is 4. The average molecular weight is 550 g/mol. The van der Waals surface area contributed by atoms with Gasteiger partial charge in [-0.3, -0.25) is 9.69 Å². The maximum atomic E-state index is 13.5. The first kappa shape index (κ1) is 26.8. The standard InChI is InChI=1S/C33H35N5O3/c1-40-28-13-11-25(12-14-28)23-41-32-29(21-34-33(36-32)38-20-15-26-9-5-6-10-30(26)38)31(39)35-27-16-18-37(19-17-27)22-24-7-3-2-4-8-24/h2-14,21,27H,15-20,22-23H2,1H3,(H,35,39). The number of para-hydroxylation sites is 1. The lowest BCUT2D eigenvalue weighted by Gasteiger charge is -2.32. The number of piperidine rings is 1. The van der Waals surface area contributed by atoms with Gasteiger partial charge in [-0.2, -0.15) is 4.98 Å². The van der Waals surface area contributed by atoms with Gasteiger partial charge in [0.15, 0.2) is 0 Å². The highest BCUT2D eigenvalue weighted by Crippen LogP contribution is 2.33.